The van der Waals surface area contributed by atoms with Crippen LogP contribution in [0.1, 0.15) is 70.6 Å². The molecule has 118 valence electrons. The third-order valence-corrected chi connectivity index (χ3v) is 6.60. The van der Waals surface area contributed by atoms with E-state index in [9.17, 15) is 4.79 Å². The van der Waals surface area contributed by atoms with Gasteiger partial charge in [0.1, 0.15) is 0 Å². The molecule has 3 unspecified atom stereocenters. The minimum Gasteiger partial charge on any atom is -0.339 e. The van der Waals surface area contributed by atoms with Crippen molar-refractivity contribution in [1.29, 1.82) is 0 Å². The Labute approximate surface area is 128 Å². The lowest BCUT2D eigenvalue weighted by Gasteiger charge is -2.33. The van der Waals surface area contributed by atoms with E-state index in [2.05, 4.69) is 10.2 Å². The van der Waals surface area contributed by atoms with E-state index in [1.54, 1.807) is 0 Å². The molecular weight excluding hydrogens is 260 g/mol. The van der Waals surface area contributed by atoms with Gasteiger partial charge in [0.05, 0.1) is 0 Å². The summed E-state index contributed by atoms with van der Waals surface area (Å²) >= 11 is 0. The fraction of sp³-hybridized carbons (Fsp3) is 0.944. The van der Waals surface area contributed by atoms with Crippen molar-refractivity contribution in [3.63, 3.8) is 0 Å². The molecule has 1 N–H and O–H groups in total. The molecule has 0 aromatic rings. The van der Waals surface area contributed by atoms with Gasteiger partial charge in [-0.3, -0.25) is 4.79 Å². The van der Waals surface area contributed by atoms with Gasteiger partial charge in [0, 0.05) is 31.1 Å². The maximum absolute atomic E-state index is 12.8. The van der Waals surface area contributed by atoms with Gasteiger partial charge in [0.15, 0.2) is 0 Å². The summed E-state index contributed by atoms with van der Waals surface area (Å²) in [5.74, 6) is 1.96. The first-order valence-corrected chi connectivity index (χ1v) is 9.35. The van der Waals surface area contributed by atoms with Crippen LogP contribution < -0.4 is 5.32 Å². The summed E-state index contributed by atoms with van der Waals surface area (Å²) in [5.41, 5.74) is 0. The van der Waals surface area contributed by atoms with Gasteiger partial charge in [-0.25, -0.2) is 0 Å². The number of nitrogens with zero attached hydrogens (tertiary/aromatic N) is 1. The van der Waals surface area contributed by atoms with E-state index in [4.69, 9.17) is 0 Å². The molecule has 3 atom stereocenters. The number of likely N-dealkylation sites (tertiary alicyclic amines) is 1. The highest BCUT2D eigenvalue weighted by atomic mass is 16.2. The second kappa shape index (κ2) is 5.91. The Morgan fingerprint density at radius 3 is 2.38 bits per heavy atom. The summed E-state index contributed by atoms with van der Waals surface area (Å²) in [6.45, 7) is 1.04. The van der Waals surface area contributed by atoms with Gasteiger partial charge < -0.3 is 10.2 Å². The summed E-state index contributed by atoms with van der Waals surface area (Å²) in [6.07, 6.45) is 14.0. The fourth-order valence-electron chi connectivity index (χ4n) is 5.64. The number of rotatable bonds is 3. The van der Waals surface area contributed by atoms with Gasteiger partial charge in [-0.15, -0.1) is 0 Å². The lowest BCUT2D eigenvalue weighted by atomic mass is 9.88. The van der Waals surface area contributed by atoms with Crippen LogP contribution in [0, 0.1) is 11.8 Å². The minimum atomic E-state index is 0.482. The zero-order valence-electron chi connectivity index (χ0n) is 13.2. The molecular formula is C18H30N2O. The number of carbonyl (C=O) groups excluding carboxylic acids is 1. The Morgan fingerprint density at radius 1 is 0.952 bits per heavy atom. The van der Waals surface area contributed by atoms with Crippen LogP contribution in [0.25, 0.3) is 0 Å². The molecule has 1 amide bonds. The number of fused-ring (bicyclic) bond motifs is 2. The molecule has 3 heteroatoms. The van der Waals surface area contributed by atoms with E-state index in [1.807, 2.05) is 0 Å². The molecule has 0 spiro atoms. The highest BCUT2D eigenvalue weighted by Gasteiger charge is 2.38. The molecule has 0 aromatic heterocycles. The predicted octanol–water partition coefficient (Wildman–Crippen LogP) is 3.09. The van der Waals surface area contributed by atoms with Crippen molar-refractivity contribution in [1.82, 2.24) is 10.2 Å². The van der Waals surface area contributed by atoms with E-state index < -0.39 is 0 Å². The molecule has 3 saturated heterocycles. The smallest absolute Gasteiger partial charge is 0.223 e. The summed E-state index contributed by atoms with van der Waals surface area (Å²) < 4.78 is 0. The summed E-state index contributed by atoms with van der Waals surface area (Å²) in [5, 5.41) is 3.69. The highest BCUT2D eigenvalue weighted by molar-refractivity contribution is 5.77. The van der Waals surface area contributed by atoms with Crippen molar-refractivity contribution in [2.24, 2.45) is 11.8 Å². The Kier molecular flexibility index (Phi) is 3.95. The number of carbonyl (C=O) groups is 1. The van der Waals surface area contributed by atoms with E-state index in [0.29, 0.717) is 30.0 Å². The Hall–Kier alpha value is -0.570. The van der Waals surface area contributed by atoms with Gasteiger partial charge in [-0.05, 0) is 63.2 Å². The number of nitrogens with one attached hydrogen (secondary N) is 1. The topological polar surface area (TPSA) is 32.3 Å². The second-order valence-electron chi connectivity index (χ2n) is 8.02. The van der Waals surface area contributed by atoms with Crippen molar-refractivity contribution in [3.8, 4) is 0 Å². The molecule has 4 aliphatic rings. The Bertz CT molecular complexity index is 379. The molecule has 3 nitrogen and oxygen atoms in total. The number of hydrogen-bond acceptors (Lipinski definition) is 2. The standard InChI is InChI=1S/C18H30N2O/c21-18(12-13-10-15-7-8-16(11-13)19-15)20-9-3-6-17(20)14-4-1-2-5-14/h13-17,19H,1-12H2. The molecule has 0 radical (unpaired) electrons. The molecule has 3 heterocycles. The number of hydrogen-bond donors (Lipinski definition) is 1. The van der Waals surface area contributed by atoms with E-state index in [-0.39, 0.29) is 0 Å². The number of amides is 1. The summed E-state index contributed by atoms with van der Waals surface area (Å²) in [6, 6.07) is 2.02. The van der Waals surface area contributed by atoms with Crippen LogP contribution in [0.15, 0.2) is 0 Å². The van der Waals surface area contributed by atoms with E-state index >= 15 is 0 Å². The molecule has 2 bridgehead atoms. The van der Waals surface area contributed by atoms with Crippen molar-refractivity contribution in [3.05, 3.63) is 0 Å². The van der Waals surface area contributed by atoms with Crippen molar-refractivity contribution < 1.29 is 4.79 Å². The molecule has 1 saturated carbocycles. The Balaban J connectivity index is 1.35. The normalized spacial score (nSPS) is 40.1. The van der Waals surface area contributed by atoms with Crippen LogP contribution >= 0.6 is 0 Å². The van der Waals surface area contributed by atoms with Gasteiger partial charge in [-0.1, -0.05) is 12.8 Å². The van der Waals surface area contributed by atoms with Gasteiger partial charge in [0.25, 0.3) is 0 Å². The first kappa shape index (κ1) is 14.0. The third-order valence-electron chi connectivity index (χ3n) is 6.60. The van der Waals surface area contributed by atoms with Crippen LogP contribution in [0.2, 0.25) is 0 Å². The Morgan fingerprint density at radius 2 is 1.67 bits per heavy atom. The largest absolute Gasteiger partial charge is 0.339 e. The van der Waals surface area contributed by atoms with Crippen LogP contribution in [0.5, 0.6) is 0 Å². The lowest BCUT2D eigenvalue weighted by molar-refractivity contribution is -0.134. The van der Waals surface area contributed by atoms with Crippen molar-refractivity contribution in [2.45, 2.75) is 88.8 Å². The first-order chi connectivity index (χ1) is 10.3. The lowest BCUT2D eigenvalue weighted by Crippen LogP contribution is -2.43. The first-order valence-electron chi connectivity index (χ1n) is 9.35. The average Bonchev–Trinajstić information content (AvgIpc) is 3.18. The van der Waals surface area contributed by atoms with Gasteiger partial charge in [0.2, 0.25) is 5.91 Å². The second-order valence-corrected chi connectivity index (χ2v) is 8.02. The van der Waals surface area contributed by atoms with Crippen LogP contribution in [0.3, 0.4) is 0 Å². The zero-order chi connectivity index (χ0) is 14.2. The van der Waals surface area contributed by atoms with Crippen LogP contribution in [-0.2, 0) is 4.79 Å². The zero-order valence-corrected chi connectivity index (χ0v) is 13.2. The SMILES string of the molecule is O=C(CC1CC2CCC(C1)N2)N1CCCC1C1CCCC1. The fourth-order valence-corrected chi connectivity index (χ4v) is 5.64. The van der Waals surface area contributed by atoms with Crippen LogP contribution in [-0.4, -0.2) is 35.5 Å². The molecule has 1 aliphatic carbocycles. The minimum absolute atomic E-state index is 0.482. The highest BCUT2D eigenvalue weighted by Crippen LogP contribution is 2.37. The molecule has 3 aliphatic heterocycles. The monoisotopic (exact) mass is 290 g/mol. The molecule has 4 fully saturated rings. The van der Waals surface area contributed by atoms with E-state index in [1.165, 1.54) is 64.2 Å². The van der Waals surface area contributed by atoms with Crippen molar-refractivity contribution in [2.75, 3.05) is 6.54 Å². The van der Waals surface area contributed by atoms with Crippen LogP contribution in [0.4, 0.5) is 0 Å². The molecule has 4 rings (SSSR count). The number of piperidine rings is 1. The quantitative estimate of drug-likeness (QED) is 0.866. The summed E-state index contributed by atoms with van der Waals surface area (Å²) in [7, 11) is 0. The molecule has 21 heavy (non-hydrogen) atoms. The maximum atomic E-state index is 12.8. The van der Waals surface area contributed by atoms with Gasteiger partial charge in [-0.2, -0.15) is 0 Å². The summed E-state index contributed by atoms with van der Waals surface area (Å²) in [4.78, 5) is 15.1. The predicted molar refractivity (Wildman–Crippen MR) is 84.0 cm³/mol. The molecule has 0 aromatic carbocycles. The van der Waals surface area contributed by atoms with Gasteiger partial charge >= 0.3 is 0 Å². The van der Waals surface area contributed by atoms with E-state index in [0.717, 1.165) is 18.9 Å². The third kappa shape index (κ3) is 2.86. The van der Waals surface area contributed by atoms with Crippen molar-refractivity contribution >= 4 is 5.91 Å². The maximum Gasteiger partial charge on any atom is 0.223 e. The average molecular weight is 290 g/mol.